The number of hydrogen-bond acceptors (Lipinski definition) is 6. The van der Waals surface area contributed by atoms with Gasteiger partial charge >= 0.3 is 0 Å². The first-order chi connectivity index (χ1) is 15.7. The summed E-state index contributed by atoms with van der Waals surface area (Å²) in [6.45, 7) is 0.482. The van der Waals surface area contributed by atoms with E-state index in [9.17, 15) is 18.0 Å². The molecular formula is C23H29N3O6S. The van der Waals surface area contributed by atoms with E-state index in [4.69, 9.17) is 9.47 Å². The normalized spacial score (nSPS) is 15.0. The summed E-state index contributed by atoms with van der Waals surface area (Å²) in [5, 5.41) is 2.86. The Morgan fingerprint density at radius 1 is 0.970 bits per heavy atom. The van der Waals surface area contributed by atoms with Gasteiger partial charge in [-0.25, -0.2) is 8.42 Å². The molecule has 10 heteroatoms. The average molecular weight is 476 g/mol. The molecule has 1 aliphatic rings. The smallest absolute Gasteiger partial charge is 0.253 e. The van der Waals surface area contributed by atoms with Crippen LogP contribution in [-0.4, -0.2) is 70.8 Å². The SMILES string of the molecule is COc1ccc(S(=O)(=O)N2CCC(C(=O)Nc3ccc(C(=O)N(C)C)cc3)CC2)cc1OC. The topological polar surface area (TPSA) is 105 Å². The van der Waals surface area contributed by atoms with E-state index in [-0.39, 0.29) is 35.7 Å². The van der Waals surface area contributed by atoms with Crippen molar-refractivity contribution in [3.8, 4) is 11.5 Å². The van der Waals surface area contributed by atoms with Crippen molar-refractivity contribution >= 4 is 27.5 Å². The van der Waals surface area contributed by atoms with Crippen molar-refractivity contribution in [1.29, 1.82) is 0 Å². The summed E-state index contributed by atoms with van der Waals surface area (Å²) in [6.07, 6.45) is 0.825. The van der Waals surface area contributed by atoms with E-state index in [0.29, 0.717) is 35.6 Å². The van der Waals surface area contributed by atoms with Gasteiger partial charge in [0.15, 0.2) is 11.5 Å². The van der Waals surface area contributed by atoms with E-state index >= 15 is 0 Å². The summed E-state index contributed by atoms with van der Waals surface area (Å²) in [5.41, 5.74) is 1.13. The van der Waals surface area contributed by atoms with Gasteiger partial charge in [-0.1, -0.05) is 0 Å². The third-order valence-electron chi connectivity index (χ3n) is 5.62. The number of carbonyl (C=O) groups excluding carboxylic acids is 2. The maximum absolute atomic E-state index is 13.1. The lowest BCUT2D eigenvalue weighted by atomic mass is 9.97. The molecule has 2 aromatic carbocycles. The molecule has 3 rings (SSSR count). The predicted molar refractivity (Wildman–Crippen MR) is 124 cm³/mol. The van der Waals surface area contributed by atoms with Gasteiger partial charge in [-0.3, -0.25) is 9.59 Å². The monoisotopic (exact) mass is 475 g/mol. The molecule has 0 bridgehead atoms. The molecule has 0 radical (unpaired) electrons. The summed E-state index contributed by atoms with van der Waals surface area (Å²) in [4.78, 5) is 26.3. The number of sulfonamides is 1. The molecule has 1 N–H and O–H groups in total. The molecular weight excluding hydrogens is 446 g/mol. The lowest BCUT2D eigenvalue weighted by Crippen LogP contribution is -2.41. The molecule has 1 aliphatic heterocycles. The molecule has 0 unspecified atom stereocenters. The summed E-state index contributed by atoms with van der Waals surface area (Å²) in [7, 11) is 2.57. The van der Waals surface area contributed by atoms with Gasteiger partial charge in [0.25, 0.3) is 5.91 Å². The third-order valence-corrected chi connectivity index (χ3v) is 7.52. The van der Waals surface area contributed by atoms with E-state index in [1.807, 2.05) is 0 Å². The van der Waals surface area contributed by atoms with Crippen LogP contribution in [-0.2, 0) is 14.8 Å². The van der Waals surface area contributed by atoms with Crippen LogP contribution in [0.2, 0.25) is 0 Å². The highest BCUT2D eigenvalue weighted by Crippen LogP contribution is 2.32. The zero-order valence-electron chi connectivity index (χ0n) is 19.2. The number of carbonyl (C=O) groups is 2. The number of anilines is 1. The first-order valence-electron chi connectivity index (χ1n) is 10.5. The molecule has 178 valence electrons. The van der Waals surface area contributed by atoms with Crippen LogP contribution in [0.15, 0.2) is 47.4 Å². The van der Waals surface area contributed by atoms with E-state index in [1.165, 1.54) is 35.6 Å². The fourth-order valence-electron chi connectivity index (χ4n) is 3.68. The molecule has 33 heavy (non-hydrogen) atoms. The number of nitrogens with zero attached hydrogens (tertiary/aromatic N) is 2. The first kappa shape index (κ1) is 24.5. The Labute approximate surface area is 194 Å². The van der Waals surface area contributed by atoms with Gasteiger partial charge in [0.2, 0.25) is 15.9 Å². The molecule has 1 saturated heterocycles. The lowest BCUT2D eigenvalue weighted by molar-refractivity contribution is -0.120. The van der Waals surface area contributed by atoms with Crippen molar-refractivity contribution in [2.24, 2.45) is 5.92 Å². The third kappa shape index (κ3) is 5.45. The highest BCUT2D eigenvalue weighted by Gasteiger charge is 2.32. The zero-order chi connectivity index (χ0) is 24.2. The van der Waals surface area contributed by atoms with Gasteiger partial charge in [0.05, 0.1) is 19.1 Å². The van der Waals surface area contributed by atoms with E-state index in [2.05, 4.69) is 5.32 Å². The van der Waals surface area contributed by atoms with E-state index in [1.54, 1.807) is 44.4 Å². The van der Waals surface area contributed by atoms with Crippen molar-refractivity contribution in [2.75, 3.05) is 46.7 Å². The second-order valence-corrected chi connectivity index (χ2v) is 9.90. The summed E-state index contributed by atoms with van der Waals surface area (Å²) in [6, 6.07) is 11.2. The summed E-state index contributed by atoms with van der Waals surface area (Å²) in [5.74, 6) is 0.211. The Bertz CT molecular complexity index is 1110. The molecule has 9 nitrogen and oxygen atoms in total. The van der Waals surface area contributed by atoms with Gasteiger partial charge in [0.1, 0.15) is 0 Å². The number of benzene rings is 2. The van der Waals surface area contributed by atoms with E-state index < -0.39 is 10.0 Å². The van der Waals surface area contributed by atoms with Gasteiger partial charge in [-0.05, 0) is 49.2 Å². The first-order valence-corrected chi connectivity index (χ1v) is 12.0. The predicted octanol–water partition coefficient (Wildman–Crippen LogP) is 2.45. The molecule has 0 saturated carbocycles. The van der Waals surface area contributed by atoms with Crippen molar-refractivity contribution in [3.63, 3.8) is 0 Å². The van der Waals surface area contributed by atoms with Crippen LogP contribution >= 0.6 is 0 Å². The highest BCUT2D eigenvalue weighted by atomic mass is 32.2. The van der Waals surface area contributed by atoms with Crippen LogP contribution in [0.1, 0.15) is 23.2 Å². The van der Waals surface area contributed by atoms with Crippen molar-refractivity contribution in [3.05, 3.63) is 48.0 Å². The molecule has 0 aliphatic carbocycles. The van der Waals surface area contributed by atoms with Gasteiger partial charge in [-0.15, -0.1) is 0 Å². The Morgan fingerprint density at radius 2 is 1.58 bits per heavy atom. The van der Waals surface area contributed by atoms with Gasteiger partial charge in [0, 0.05) is 50.4 Å². The maximum Gasteiger partial charge on any atom is 0.253 e. The van der Waals surface area contributed by atoms with E-state index in [0.717, 1.165) is 0 Å². The Hall–Kier alpha value is -3.11. The number of hydrogen-bond donors (Lipinski definition) is 1. The van der Waals surface area contributed by atoms with Crippen molar-refractivity contribution < 1.29 is 27.5 Å². The molecule has 0 aromatic heterocycles. The number of methoxy groups -OCH3 is 2. The number of piperidine rings is 1. The fourth-order valence-corrected chi connectivity index (χ4v) is 5.17. The average Bonchev–Trinajstić information content (AvgIpc) is 2.83. The Balaban J connectivity index is 1.61. The number of amides is 2. The summed E-state index contributed by atoms with van der Waals surface area (Å²) >= 11 is 0. The van der Waals surface area contributed by atoms with Gasteiger partial charge in [-0.2, -0.15) is 4.31 Å². The number of rotatable bonds is 7. The van der Waals surface area contributed by atoms with Crippen LogP contribution in [0.4, 0.5) is 5.69 Å². The minimum absolute atomic E-state index is 0.115. The number of nitrogens with one attached hydrogen (secondary N) is 1. The van der Waals surface area contributed by atoms with Gasteiger partial charge < -0.3 is 19.7 Å². The molecule has 1 heterocycles. The second kappa shape index (κ2) is 10.2. The Morgan fingerprint density at radius 3 is 2.12 bits per heavy atom. The van der Waals surface area contributed by atoms with Crippen molar-refractivity contribution in [1.82, 2.24) is 9.21 Å². The van der Waals surface area contributed by atoms with Crippen molar-refractivity contribution in [2.45, 2.75) is 17.7 Å². The van der Waals surface area contributed by atoms with Crippen LogP contribution in [0.25, 0.3) is 0 Å². The maximum atomic E-state index is 13.1. The van der Waals surface area contributed by atoms with Crippen LogP contribution in [0.3, 0.4) is 0 Å². The number of ether oxygens (including phenoxy) is 2. The quantitative estimate of drug-likeness (QED) is 0.660. The fraction of sp³-hybridized carbons (Fsp3) is 0.391. The molecule has 2 amide bonds. The minimum Gasteiger partial charge on any atom is -0.493 e. The van der Waals surface area contributed by atoms with Crippen LogP contribution in [0.5, 0.6) is 11.5 Å². The molecule has 0 atom stereocenters. The minimum atomic E-state index is -3.72. The zero-order valence-corrected chi connectivity index (χ0v) is 20.0. The largest absolute Gasteiger partial charge is 0.493 e. The standard InChI is InChI=1S/C23H29N3O6S/c1-25(2)23(28)17-5-7-18(8-6-17)24-22(27)16-11-13-26(14-12-16)33(29,30)19-9-10-20(31-3)21(15-19)32-4/h5-10,15-16H,11-14H2,1-4H3,(H,24,27). The molecule has 0 spiro atoms. The second-order valence-electron chi connectivity index (χ2n) is 7.96. The summed E-state index contributed by atoms with van der Waals surface area (Å²) < 4.78 is 37.9. The lowest BCUT2D eigenvalue weighted by Gasteiger charge is -2.30. The van der Waals surface area contributed by atoms with Crippen LogP contribution < -0.4 is 14.8 Å². The van der Waals surface area contributed by atoms with Crippen LogP contribution in [0, 0.1) is 5.92 Å². The Kier molecular flexibility index (Phi) is 7.60. The highest BCUT2D eigenvalue weighted by molar-refractivity contribution is 7.89. The molecule has 2 aromatic rings. The molecule has 1 fully saturated rings.